The summed E-state index contributed by atoms with van der Waals surface area (Å²) < 4.78 is 0. The Kier molecular flexibility index (Phi) is 3.70. The van der Waals surface area contributed by atoms with Crippen molar-refractivity contribution in [3.8, 4) is 17.1 Å². The number of fused-ring (bicyclic) bond motifs is 1. The third-order valence-corrected chi connectivity index (χ3v) is 3.73. The lowest BCUT2D eigenvalue weighted by Gasteiger charge is -2.11. The molecule has 0 unspecified atom stereocenters. The Morgan fingerprint density at radius 1 is 0.960 bits per heavy atom. The molecule has 25 heavy (non-hydrogen) atoms. The van der Waals surface area contributed by atoms with Gasteiger partial charge in [0.05, 0.1) is 5.52 Å². The van der Waals surface area contributed by atoms with Crippen LogP contribution in [0.25, 0.3) is 22.3 Å². The van der Waals surface area contributed by atoms with Gasteiger partial charge in [0.15, 0.2) is 5.82 Å². The van der Waals surface area contributed by atoms with Gasteiger partial charge in [0, 0.05) is 29.0 Å². The van der Waals surface area contributed by atoms with Crippen molar-refractivity contribution in [3.63, 3.8) is 0 Å². The summed E-state index contributed by atoms with van der Waals surface area (Å²) >= 11 is 0. The van der Waals surface area contributed by atoms with Crippen LogP contribution in [-0.4, -0.2) is 25.0 Å². The van der Waals surface area contributed by atoms with E-state index in [1.54, 1.807) is 30.6 Å². The molecule has 0 aliphatic rings. The van der Waals surface area contributed by atoms with Crippen molar-refractivity contribution in [1.82, 2.24) is 19.9 Å². The van der Waals surface area contributed by atoms with E-state index < -0.39 is 0 Å². The van der Waals surface area contributed by atoms with Gasteiger partial charge in [-0.2, -0.15) is 0 Å². The Labute approximate surface area is 144 Å². The van der Waals surface area contributed by atoms with E-state index in [0.717, 1.165) is 22.2 Å². The Morgan fingerprint density at radius 2 is 1.88 bits per heavy atom. The molecule has 3 heterocycles. The molecule has 0 fully saturated rings. The normalized spacial score (nSPS) is 10.8. The summed E-state index contributed by atoms with van der Waals surface area (Å²) in [5.41, 5.74) is 2.44. The van der Waals surface area contributed by atoms with Crippen LogP contribution in [0, 0.1) is 6.92 Å². The molecule has 0 bridgehead atoms. The number of aromatic nitrogens is 4. The van der Waals surface area contributed by atoms with Crippen molar-refractivity contribution in [2.75, 3.05) is 5.32 Å². The van der Waals surface area contributed by atoms with E-state index in [1.165, 1.54) is 0 Å². The van der Waals surface area contributed by atoms with E-state index in [4.69, 9.17) is 0 Å². The monoisotopic (exact) mass is 329 g/mol. The Balaban J connectivity index is 1.89. The van der Waals surface area contributed by atoms with Gasteiger partial charge in [-0.15, -0.1) is 0 Å². The maximum Gasteiger partial charge on any atom is 0.163 e. The highest BCUT2D eigenvalue weighted by molar-refractivity contribution is 5.92. The standard InChI is InChI=1S/C19H15N5O/c1-12-4-2-6-17(21-12)23-19-15-10-14(25)7-8-16(15)22-18(24-19)13-5-3-9-20-11-13/h2-11,25H,1H3,(H,21,22,23,24). The number of phenols is 1. The van der Waals surface area contributed by atoms with Crippen molar-refractivity contribution in [2.24, 2.45) is 0 Å². The zero-order chi connectivity index (χ0) is 17.2. The van der Waals surface area contributed by atoms with Crippen LogP contribution in [0.3, 0.4) is 0 Å². The summed E-state index contributed by atoms with van der Waals surface area (Å²) in [5, 5.41) is 13.8. The number of nitrogens with one attached hydrogen (secondary N) is 1. The molecule has 3 aromatic heterocycles. The summed E-state index contributed by atoms with van der Waals surface area (Å²) in [6.45, 7) is 1.93. The van der Waals surface area contributed by atoms with Crippen molar-refractivity contribution >= 4 is 22.5 Å². The first-order chi connectivity index (χ1) is 12.2. The van der Waals surface area contributed by atoms with Gasteiger partial charge in [0.1, 0.15) is 17.4 Å². The van der Waals surface area contributed by atoms with Gasteiger partial charge in [-0.3, -0.25) is 4.98 Å². The number of phenolic OH excluding ortho intramolecular Hbond substituents is 1. The largest absolute Gasteiger partial charge is 0.508 e. The van der Waals surface area contributed by atoms with Crippen molar-refractivity contribution < 1.29 is 5.11 Å². The van der Waals surface area contributed by atoms with Gasteiger partial charge < -0.3 is 10.4 Å². The fourth-order valence-corrected chi connectivity index (χ4v) is 2.57. The Bertz CT molecular complexity index is 1050. The molecule has 0 aliphatic carbocycles. The summed E-state index contributed by atoms with van der Waals surface area (Å²) in [4.78, 5) is 17.8. The molecule has 0 radical (unpaired) electrons. The molecule has 4 aromatic rings. The predicted molar refractivity (Wildman–Crippen MR) is 96.7 cm³/mol. The number of pyridine rings is 2. The van der Waals surface area contributed by atoms with Crippen LogP contribution < -0.4 is 5.32 Å². The van der Waals surface area contributed by atoms with Gasteiger partial charge in [0.25, 0.3) is 0 Å². The minimum absolute atomic E-state index is 0.158. The number of hydrogen-bond acceptors (Lipinski definition) is 6. The average Bonchev–Trinajstić information content (AvgIpc) is 2.63. The molecule has 6 nitrogen and oxygen atoms in total. The van der Waals surface area contributed by atoms with Gasteiger partial charge in [-0.25, -0.2) is 15.0 Å². The maximum absolute atomic E-state index is 9.84. The molecule has 4 rings (SSSR count). The second kappa shape index (κ2) is 6.16. The first-order valence-electron chi connectivity index (χ1n) is 7.81. The summed E-state index contributed by atoms with van der Waals surface area (Å²) in [6, 6.07) is 14.5. The number of nitrogens with zero attached hydrogens (tertiary/aromatic N) is 4. The van der Waals surface area contributed by atoms with Crippen LogP contribution in [0.2, 0.25) is 0 Å². The molecule has 122 valence electrons. The average molecular weight is 329 g/mol. The predicted octanol–water partition coefficient (Wildman–Crippen LogP) is 3.84. The SMILES string of the molecule is Cc1cccc(Nc2nc(-c3cccnc3)nc3ccc(O)cc23)n1. The van der Waals surface area contributed by atoms with Gasteiger partial charge in [-0.05, 0) is 49.4 Å². The molecule has 0 aliphatic heterocycles. The summed E-state index contributed by atoms with van der Waals surface area (Å²) in [6.07, 6.45) is 3.43. The number of anilines is 2. The molecular formula is C19H15N5O. The summed E-state index contributed by atoms with van der Waals surface area (Å²) in [7, 11) is 0. The number of aryl methyl sites for hydroxylation is 1. The van der Waals surface area contributed by atoms with Crippen molar-refractivity contribution in [1.29, 1.82) is 0 Å². The highest BCUT2D eigenvalue weighted by atomic mass is 16.3. The van der Waals surface area contributed by atoms with E-state index in [-0.39, 0.29) is 5.75 Å². The fourth-order valence-electron chi connectivity index (χ4n) is 2.57. The third kappa shape index (κ3) is 3.10. The zero-order valence-corrected chi connectivity index (χ0v) is 13.5. The van der Waals surface area contributed by atoms with Crippen LogP contribution >= 0.6 is 0 Å². The molecular weight excluding hydrogens is 314 g/mol. The van der Waals surface area contributed by atoms with Crippen LogP contribution in [0.15, 0.2) is 60.9 Å². The van der Waals surface area contributed by atoms with Gasteiger partial charge >= 0.3 is 0 Å². The topological polar surface area (TPSA) is 83.8 Å². The molecule has 2 N–H and O–H groups in total. The number of rotatable bonds is 3. The summed E-state index contributed by atoms with van der Waals surface area (Å²) in [5.74, 6) is 1.98. The van der Waals surface area contributed by atoms with E-state index >= 15 is 0 Å². The van der Waals surface area contributed by atoms with Crippen LogP contribution in [0.5, 0.6) is 5.75 Å². The molecule has 0 atom stereocenters. The Hall–Kier alpha value is -3.54. The highest BCUT2D eigenvalue weighted by Crippen LogP contribution is 2.29. The second-order valence-electron chi connectivity index (χ2n) is 5.63. The zero-order valence-electron chi connectivity index (χ0n) is 13.5. The smallest absolute Gasteiger partial charge is 0.163 e. The lowest BCUT2D eigenvalue weighted by molar-refractivity contribution is 0.476. The second-order valence-corrected chi connectivity index (χ2v) is 5.63. The maximum atomic E-state index is 9.84. The minimum atomic E-state index is 0.158. The lowest BCUT2D eigenvalue weighted by atomic mass is 10.2. The first-order valence-corrected chi connectivity index (χ1v) is 7.81. The van der Waals surface area contributed by atoms with Gasteiger partial charge in [0.2, 0.25) is 0 Å². The van der Waals surface area contributed by atoms with Gasteiger partial charge in [-0.1, -0.05) is 6.07 Å². The molecule has 0 saturated heterocycles. The Morgan fingerprint density at radius 3 is 2.68 bits per heavy atom. The molecule has 0 spiro atoms. The minimum Gasteiger partial charge on any atom is -0.508 e. The van der Waals surface area contributed by atoms with Crippen LogP contribution in [0.1, 0.15) is 5.69 Å². The van der Waals surface area contributed by atoms with Crippen LogP contribution in [-0.2, 0) is 0 Å². The molecule has 0 saturated carbocycles. The number of benzene rings is 1. The molecule has 0 amide bonds. The van der Waals surface area contributed by atoms with Crippen LogP contribution in [0.4, 0.5) is 11.6 Å². The quantitative estimate of drug-likeness (QED) is 0.594. The van der Waals surface area contributed by atoms with Crippen molar-refractivity contribution in [3.05, 3.63) is 66.6 Å². The third-order valence-electron chi connectivity index (χ3n) is 3.73. The van der Waals surface area contributed by atoms with Crippen molar-refractivity contribution in [2.45, 2.75) is 6.92 Å². The van der Waals surface area contributed by atoms with E-state index in [2.05, 4.69) is 25.3 Å². The molecule has 6 heteroatoms. The lowest BCUT2D eigenvalue weighted by Crippen LogP contribution is -2.01. The number of aromatic hydroxyl groups is 1. The van der Waals surface area contributed by atoms with E-state index in [1.807, 2.05) is 37.3 Å². The van der Waals surface area contributed by atoms with E-state index in [9.17, 15) is 5.11 Å². The van der Waals surface area contributed by atoms with E-state index in [0.29, 0.717) is 17.5 Å². The first kappa shape index (κ1) is 15.0. The fraction of sp³-hybridized carbons (Fsp3) is 0.0526. The molecule has 1 aromatic carbocycles. The highest BCUT2D eigenvalue weighted by Gasteiger charge is 2.11. The number of hydrogen-bond donors (Lipinski definition) is 2.